The van der Waals surface area contributed by atoms with Crippen molar-refractivity contribution in [3.8, 4) is 11.8 Å². The van der Waals surface area contributed by atoms with Crippen molar-refractivity contribution in [2.75, 3.05) is 38.1 Å². The maximum absolute atomic E-state index is 13.3. The number of amides is 1. The first kappa shape index (κ1) is 32.1. The maximum atomic E-state index is 13.3. The Hall–Kier alpha value is -3.79. The molecule has 1 atom stereocenters. The summed E-state index contributed by atoms with van der Waals surface area (Å²) in [5.74, 6) is -0.839. The number of carbonyl (C=O) groups is 2. The molecule has 1 heterocycles. The number of hydrogen-bond acceptors (Lipinski definition) is 8. The van der Waals surface area contributed by atoms with Crippen molar-refractivity contribution in [2.45, 2.75) is 38.0 Å². The SMILES string of the molecule is Cc1cc(C#N)cc(C(=O)c2cc(Cl)ccc2OCC(=O)Nc2ccc(S(=O)(=O)[NH+]([O-])CCN3CCCCC3)cc2C)c1. The highest BCUT2D eigenvalue weighted by Crippen LogP contribution is 2.27. The van der Waals surface area contributed by atoms with Crippen LogP contribution in [0.15, 0.2) is 59.5 Å². The number of ether oxygens (including phenoxy) is 1. The molecule has 0 aliphatic carbocycles. The lowest BCUT2D eigenvalue weighted by Gasteiger charge is -2.29. The molecule has 226 valence electrons. The first-order valence-corrected chi connectivity index (χ1v) is 15.7. The molecule has 3 aromatic rings. The zero-order chi connectivity index (χ0) is 31.1. The van der Waals surface area contributed by atoms with Crippen LogP contribution in [0.25, 0.3) is 0 Å². The highest BCUT2D eigenvalue weighted by atomic mass is 35.5. The van der Waals surface area contributed by atoms with Crippen molar-refractivity contribution in [1.82, 2.24) is 4.90 Å². The number of nitriles is 1. The van der Waals surface area contributed by atoms with Crippen LogP contribution >= 0.6 is 11.6 Å². The van der Waals surface area contributed by atoms with Crippen LogP contribution in [0, 0.1) is 30.4 Å². The number of anilines is 1. The molecule has 43 heavy (non-hydrogen) atoms. The molecule has 0 aromatic heterocycles. The molecule has 3 aromatic carbocycles. The lowest BCUT2D eigenvalue weighted by Crippen LogP contribution is -3.09. The second-order valence-corrected chi connectivity index (χ2v) is 12.9. The molecule has 1 fully saturated rings. The van der Waals surface area contributed by atoms with E-state index >= 15 is 0 Å². The van der Waals surface area contributed by atoms with Crippen LogP contribution < -0.4 is 14.5 Å². The van der Waals surface area contributed by atoms with Crippen LogP contribution in [0.3, 0.4) is 0 Å². The van der Waals surface area contributed by atoms with Crippen molar-refractivity contribution in [2.24, 2.45) is 0 Å². The number of hydrogen-bond donors (Lipinski definition) is 2. The quantitative estimate of drug-likeness (QED) is 0.243. The van der Waals surface area contributed by atoms with E-state index in [1.807, 2.05) is 6.07 Å². The smallest absolute Gasteiger partial charge is 0.325 e. The van der Waals surface area contributed by atoms with Gasteiger partial charge in [0.25, 0.3) is 5.91 Å². The van der Waals surface area contributed by atoms with Crippen LogP contribution in [0.2, 0.25) is 5.02 Å². The van der Waals surface area contributed by atoms with Gasteiger partial charge in [-0.05, 0) is 106 Å². The van der Waals surface area contributed by atoms with Gasteiger partial charge in [0.1, 0.15) is 17.2 Å². The van der Waals surface area contributed by atoms with Crippen molar-refractivity contribution in [3.05, 3.63) is 92.6 Å². The Labute approximate surface area is 256 Å². The molecule has 1 unspecified atom stereocenters. The minimum Gasteiger partial charge on any atom is -0.618 e. The number of sulfonamides is 1. The van der Waals surface area contributed by atoms with Gasteiger partial charge in [0.2, 0.25) is 0 Å². The average Bonchev–Trinajstić information content (AvgIpc) is 2.99. The van der Waals surface area contributed by atoms with E-state index in [-0.39, 0.29) is 28.3 Å². The summed E-state index contributed by atoms with van der Waals surface area (Å²) in [4.78, 5) is 28.0. The largest absolute Gasteiger partial charge is 0.618 e. The van der Waals surface area contributed by atoms with Gasteiger partial charge in [-0.1, -0.05) is 18.0 Å². The van der Waals surface area contributed by atoms with Crippen LogP contribution in [0.1, 0.15) is 51.9 Å². The number of hydroxylamine groups is 1. The van der Waals surface area contributed by atoms with Crippen molar-refractivity contribution in [1.29, 1.82) is 5.26 Å². The monoisotopic (exact) mass is 624 g/mol. The summed E-state index contributed by atoms with van der Waals surface area (Å²) < 4.78 is 30.6. The van der Waals surface area contributed by atoms with E-state index in [1.165, 1.54) is 42.5 Å². The minimum atomic E-state index is -4.16. The first-order chi connectivity index (χ1) is 20.5. The van der Waals surface area contributed by atoms with E-state index in [4.69, 9.17) is 16.3 Å². The van der Waals surface area contributed by atoms with Gasteiger partial charge in [-0.15, -0.1) is 0 Å². The van der Waals surface area contributed by atoms with Gasteiger partial charge in [-0.2, -0.15) is 13.7 Å². The fourth-order valence-electron chi connectivity index (χ4n) is 4.91. The van der Waals surface area contributed by atoms with Gasteiger partial charge in [0.05, 0.1) is 17.2 Å². The Balaban J connectivity index is 1.40. The van der Waals surface area contributed by atoms with E-state index in [1.54, 1.807) is 26.0 Å². The van der Waals surface area contributed by atoms with E-state index in [9.17, 15) is 28.5 Å². The van der Waals surface area contributed by atoms with Gasteiger partial charge >= 0.3 is 10.0 Å². The number of nitrogens with zero attached hydrogens (tertiary/aromatic N) is 2. The second-order valence-electron chi connectivity index (χ2n) is 10.5. The Bertz CT molecular complexity index is 1670. The summed E-state index contributed by atoms with van der Waals surface area (Å²) in [6.07, 6.45) is 3.25. The molecule has 10 nitrogen and oxygen atoms in total. The number of piperidine rings is 1. The topological polar surface area (TPSA) is 144 Å². The van der Waals surface area contributed by atoms with Crippen LogP contribution in [-0.2, 0) is 14.8 Å². The second kappa shape index (κ2) is 14.1. The summed E-state index contributed by atoms with van der Waals surface area (Å²) in [5.41, 5.74) is 2.29. The van der Waals surface area contributed by atoms with Gasteiger partial charge in [0, 0.05) is 22.8 Å². The van der Waals surface area contributed by atoms with Gasteiger partial charge < -0.3 is 15.3 Å². The van der Waals surface area contributed by atoms with E-state index in [0.29, 0.717) is 28.4 Å². The molecule has 0 radical (unpaired) electrons. The normalized spacial score (nSPS) is 14.5. The predicted octanol–water partition coefficient (Wildman–Crippen LogP) is 3.63. The summed E-state index contributed by atoms with van der Waals surface area (Å²) in [7, 11) is -4.16. The number of carbonyl (C=O) groups excluding carboxylic acids is 2. The Morgan fingerprint density at radius 3 is 2.51 bits per heavy atom. The molecule has 1 saturated heterocycles. The summed E-state index contributed by atoms with van der Waals surface area (Å²) in [5, 5.41) is 24.8. The number of aryl methyl sites for hydroxylation is 2. The third-order valence-electron chi connectivity index (χ3n) is 7.18. The Morgan fingerprint density at radius 2 is 1.81 bits per heavy atom. The fourth-order valence-corrected chi connectivity index (χ4v) is 6.29. The molecule has 0 bridgehead atoms. The predicted molar refractivity (Wildman–Crippen MR) is 163 cm³/mol. The minimum absolute atomic E-state index is 0.0736. The fraction of sp³-hybridized carbons (Fsp3) is 0.323. The van der Waals surface area contributed by atoms with Crippen LogP contribution in [0.4, 0.5) is 5.69 Å². The number of rotatable bonds is 11. The zero-order valence-corrected chi connectivity index (χ0v) is 25.6. The van der Waals surface area contributed by atoms with Crippen molar-refractivity contribution < 1.29 is 27.2 Å². The third-order valence-corrected chi connectivity index (χ3v) is 9.09. The Morgan fingerprint density at radius 1 is 1.07 bits per heavy atom. The molecular formula is C31H33ClN4O6S. The van der Waals surface area contributed by atoms with Gasteiger partial charge in [-0.3, -0.25) is 19.0 Å². The van der Waals surface area contributed by atoms with Gasteiger partial charge in [0.15, 0.2) is 12.4 Å². The number of benzene rings is 3. The lowest BCUT2D eigenvalue weighted by atomic mass is 9.98. The Kier molecular flexibility index (Phi) is 10.6. The molecule has 0 spiro atoms. The summed E-state index contributed by atoms with van der Waals surface area (Å²) in [6, 6.07) is 15.3. The number of ketones is 1. The molecule has 2 N–H and O–H groups in total. The number of halogens is 1. The van der Waals surface area contributed by atoms with E-state index in [0.717, 1.165) is 37.9 Å². The maximum Gasteiger partial charge on any atom is 0.325 e. The average molecular weight is 625 g/mol. The summed E-state index contributed by atoms with van der Waals surface area (Å²) >= 11 is 6.14. The molecule has 1 aliphatic rings. The number of likely N-dealkylation sites (tertiary alicyclic amines) is 1. The molecule has 4 rings (SSSR count). The molecule has 0 saturated carbocycles. The summed E-state index contributed by atoms with van der Waals surface area (Å²) in [6.45, 7) is 5.03. The highest BCUT2D eigenvalue weighted by molar-refractivity contribution is 7.85. The zero-order valence-electron chi connectivity index (χ0n) is 24.0. The van der Waals surface area contributed by atoms with Gasteiger partial charge in [-0.25, -0.2) is 0 Å². The van der Waals surface area contributed by atoms with E-state index < -0.39 is 32.8 Å². The highest BCUT2D eigenvalue weighted by Gasteiger charge is 2.24. The molecule has 1 amide bonds. The van der Waals surface area contributed by atoms with Crippen molar-refractivity contribution in [3.63, 3.8) is 0 Å². The first-order valence-electron chi connectivity index (χ1n) is 13.9. The van der Waals surface area contributed by atoms with Crippen LogP contribution in [-0.4, -0.2) is 57.8 Å². The molecule has 12 heteroatoms. The molecule has 1 aliphatic heterocycles. The molecular weight excluding hydrogens is 592 g/mol. The third kappa shape index (κ3) is 8.19. The van der Waals surface area contributed by atoms with Crippen LogP contribution in [0.5, 0.6) is 5.75 Å². The number of nitrogens with one attached hydrogen (secondary N) is 2. The number of quaternary nitrogens is 1. The van der Waals surface area contributed by atoms with E-state index in [2.05, 4.69) is 10.2 Å². The standard InChI is InChI=1S/C31H33ClN4O6S/c1-21-14-23(19-33)17-24(15-21)31(38)27-18-25(32)6-9-29(27)42-20-30(37)34-28-8-7-26(16-22(28)2)43(40,41)36(39)13-12-35-10-4-3-5-11-35/h6-9,14-18,36H,3-5,10-13,20H2,1-2H3,(H,34,37). The lowest BCUT2D eigenvalue weighted by molar-refractivity contribution is -0.707. The van der Waals surface area contributed by atoms with Crippen molar-refractivity contribution >= 4 is 39.0 Å².